The zero-order valence-corrected chi connectivity index (χ0v) is 39.0. The summed E-state index contributed by atoms with van der Waals surface area (Å²) in [4.78, 5) is 76.8. The number of amides is 6. The van der Waals surface area contributed by atoms with Gasteiger partial charge in [0.1, 0.15) is 12.1 Å². The molecule has 0 bridgehead atoms. The minimum Gasteiger partial charge on any atom is -0.354 e. The molecule has 0 aliphatic rings. The Hall–Kier alpha value is -6.05. The Kier molecular flexibility index (Phi) is 27.5. The van der Waals surface area contributed by atoms with E-state index in [0.29, 0.717) is 87.0 Å². The highest BCUT2D eigenvalue weighted by atomic mass is 35.5. The lowest BCUT2D eigenvalue weighted by Crippen LogP contribution is -2.47. The first-order chi connectivity index (χ1) is 31.8. The molecule has 4 aromatic carbocycles. The van der Waals surface area contributed by atoms with Crippen LogP contribution in [0.1, 0.15) is 131 Å². The van der Waals surface area contributed by atoms with Crippen molar-refractivity contribution in [1.29, 1.82) is 0 Å². The number of benzene rings is 4. The van der Waals surface area contributed by atoms with Crippen LogP contribution in [0.2, 0.25) is 0 Å². The van der Waals surface area contributed by atoms with Crippen molar-refractivity contribution < 1.29 is 28.8 Å². The van der Waals surface area contributed by atoms with Gasteiger partial charge in [0.25, 0.3) is 23.6 Å². The molecule has 66 heavy (non-hydrogen) atoms. The average molecular weight is 925 g/mol. The maximum Gasteiger partial charge on any atom is 0.251 e. The number of hydrogen-bond acceptors (Lipinski definition) is 7. The lowest BCUT2D eigenvalue weighted by Gasteiger charge is -2.19. The predicted octanol–water partition coefficient (Wildman–Crippen LogP) is 7.15. The van der Waals surface area contributed by atoms with Crippen LogP contribution in [0, 0.1) is 0 Å². The van der Waals surface area contributed by atoms with Crippen molar-refractivity contribution in [3.63, 3.8) is 0 Å². The second-order valence-corrected chi connectivity index (χ2v) is 16.2. The highest BCUT2D eigenvalue weighted by Gasteiger charge is 2.22. The van der Waals surface area contributed by atoms with Gasteiger partial charge >= 0.3 is 0 Å². The summed E-state index contributed by atoms with van der Waals surface area (Å²) in [5.74, 6) is -1.23. The van der Waals surface area contributed by atoms with Crippen molar-refractivity contribution in [3.8, 4) is 0 Å². The van der Waals surface area contributed by atoms with Gasteiger partial charge in [-0.15, -0.1) is 12.4 Å². The molecule has 14 heteroatoms. The Bertz CT molecular complexity index is 1850. The Balaban J connectivity index is 0.0000116. The highest BCUT2D eigenvalue weighted by Crippen LogP contribution is 2.09. The van der Waals surface area contributed by atoms with Crippen LogP contribution in [-0.2, 0) is 9.59 Å². The van der Waals surface area contributed by atoms with E-state index in [1.807, 2.05) is 48.5 Å². The van der Waals surface area contributed by atoms with Crippen LogP contribution in [0.3, 0.4) is 0 Å². The first-order valence-corrected chi connectivity index (χ1v) is 23.5. The molecule has 4 aromatic rings. The normalized spacial score (nSPS) is 11.5. The van der Waals surface area contributed by atoms with Crippen molar-refractivity contribution >= 4 is 47.9 Å². The van der Waals surface area contributed by atoms with Gasteiger partial charge in [-0.2, -0.15) is 0 Å². The molecule has 13 nitrogen and oxygen atoms in total. The van der Waals surface area contributed by atoms with Gasteiger partial charge in [0.15, 0.2) is 0 Å². The molecule has 0 aliphatic heterocycles. The Morgan fingerprint density at radius 2 is 0.591 bits per heavy atom. The first kappa shape index (κ1) is 54.3. The number of hydrogen-bond donors (Lipinski definition) is 7. The Morgan fingerprint density at radius 1 is 0.318 bits per heavy atom. The van der Waals surface area contributed by atoms with Gasteiger partial charge in [-0.25, -0.2) is 0 Å². The summed E-state index contributed by atoms with van der Waals surface area (Å²) in [6.07, 6.45) is 11.5. The fraction of sp³-hybridized carbons (Fsp3) is 0.423. The van der Waals surface area contributed by atoms with Crippen molar-refractivity contribution in [2.45, 2.75) is 102 Å². The van der Waals surface area contributed by atoms with Gasteiger partial charge in [0.2, 0.25) is 11.8 Å². The minimum absolute atomic E-state index is 0. The average Bonchev–Trinajstić information content (AvgIpc) is 3.34. The summed E-state index contributed by atoms with van der Waals surface area (Å²) < 4.78 is 0. The van der Waals surface area contributed by atoms with Crippen molar-refractivity contribution in [2.75, 3.05) is 39.3 Å². The van der Waals surface area contributed by atoms with Crippen molar-refractivity contribution in [3.05, 3.63) is 144 Å². The maximum absolute atomic E-state index is 13.2. The topological polar surface area (TPSA) is 187 Å². The second kappa shape index (κ2) is 33.4. The standard InChI is InChI=1S/C52H69N7O6.ClH/c60-47(41-25-9-5-10-26-41)54-39-23-17-33-45(58-49(62)43-29-13-7-14-30-43)51(64)56-37-21-3-1-19-35-53-36-20-2-4-22-38-57-52(65)46(59-50(63)44-31-15-8-16-32-44)34-18-24-40-55-48(61)42-27-11-6-12-28-42;/h5-16,25-32,45-46,53H,1-4,17-24,33-40H2,(H,54,60)(H,55,61)(H,56,64)(H,57,65)(H,58,62)(H,59,63);1H. The lowest BCUT2D eigenvalue weighted by atomic mass is 10.1. The zero-order valence-electron chi connectivity index (χ0n) is 38.2. The molecule has 2 atom stereocenters. The van der Waals surface area contributed by atoms with Gasteiger partial charge in [0.05, 0.1) is 0 Å². The third kappa shape index (κ3) is 22.2. The highest BCUT2D eigenvalue weighted by molar-refractivity contribution is 5.98. The van der Waals surface area contributed by atoms with Crippen LogP contribution < -0.4 is 37.2 Å². The summed E-state index contributed by atoms with van der Waals surface area (Å²) >= 11 is 0. The molecule has 0 spiro atoms. The summed E-state index contributed by atoms with van der Waals surface area (Å²) in [5.41, 5.74) is 2.21. The third-order valence-corrected chi connectivity index (χ3v) is 11.0. The molecule has 0 saturated carbocycles. The fourth-order valence-electron chi connectivity index (χ4n) is 7.19. The summed E-state index contributed by atoms with van der Waals surface area (Å²) in [6.45, 7) is 3.89. The van der Waals surface area contributed by atoms with Gasteiger partial charge in [-0.05, 0) is 126 Å². The van der Waals surface area contributed by atoms with Crippen LogP contribution in [-0.4, -0.2) is 86.8 Å². The number of carbonyl (C=O) groups is 6. The molecular formula is C52H70ClN7O6. The molecule has 0 aromatic heterocycles. The Morgan fingerprint density at radius 3 is 0.924 bits per heavy atom. The van der Waals surface area contributed by atoms with Crippen LogP contribution in [0.15, 0.2) is 121 Å². The van der Waals surface area contributed by atoms with E-state index in [1.165, 1.54) is 0 Å². The van der Waals surface area contributed by atoms with Crippen molar-refractivity contribution in [2.24, 2.45) is 0 Å². The van der Waals surface area contributed by atoms with Crippen LogP contribution in [0.5, 0.6) is 0 Å². The molecule has 0 fully saturated rings. The number of unbranched alkanes of at least 4 members (excludes halogenated alkanes) is 8. The monoisotopic (exact) mass is 924 g/mol. The molecule has 7 N–H and O–H groups in total. The van der Waals surface area contributed by atoms with E-state index in [0.717, 1.165) is 64.5 Å². The molecule has 0 radical (unpaired) electrons. The number of rotatable bonds is 32. The second-order valence-electron chi connectivity index (χ2n) is 16.2. The Labute approximate surface area is 397 Å². The molecule has 0 saturated heterocycles. The van der Waals surface area contributed by atoms with E-state index < -0.39 is 12.1 Å². The SMILES string of the molecule is Cl.O=C(NCCCCC(NC(=O)c1ccccc1)C(=O)NCCCCCCNCCCCCCNC(=O)C(CCCCNC(=O)c1ccccc1)NC(=O)c1ccccc1)c1ccccc1. The maximum atomic E-state index is 13.2. The molecule has 356 valence electrons. The van der Waals surface area contributed by atoms with E-state index in [1.54, 1.807) is 72.8 Å². The molecule has 6 amide bonds. The van der Waals surface area contributed by atoms with E-state index in [4.69, 9.17) is 0 Å². The smallest absolute Gasteiger partial charge is 0.251 e. The summed E-state index contributed by atoms with van der Waals surface area (Å²) in [5, 5.41) is 21.2. The summed E-state index contributed by atoms with van der Waals surface area (Å²) in [6, 6.07) is 34.5. The molecule has 4 rings (SSSR count). The van der Waals surface area contributed by atoms with Gasteiger partial charge in [-0.3, -0.25) is 28.8 Å². The van der Waals surface area contributed by atoms with Crippen LogP contribution in [0.25, 0.3) is 0 Å². The number of carbonyl (C=O) groups excluding carboxylic acids is 6. The molecular weight excluding hydrogens is 854 g/mol. The van der Waals surface area contributed by atoms with E-state index in [9.17, 15) is 28.8 Å². The van der Waals surface area contributed by atoms with E-state index in [2.05, 4.69) is 37.2 Å². The van der Waals surface area contributed by atoms with E-state index >= 15 is 0 Å². The lowest BCUT2D eigenvalue weighted by molar-refractivity contribution is -0.123. The third-order valence-electron chi connectivity index (χ3n) is 11.0. The number of nitrogens with one attached hydrogen (secondary N) is 7. The predicted molar refractivity (Wildman–Crippen MR) is 264 cm³/mol. The molecule has 0 heterocycles. The van der Waals surface area contributed by atoms with E-state index in [-0.39, 0.29) is 47.9 Å². The van der Waals surface area contributed by atoms with Crippen LogP contribution in [0.4, 0.5) is 0 Å². The molecule has 0 aliphatic carbocycles. The quantitative estimate of drug-likeness (QED) is 0.0254. The van der Waals surface area contributed by atoms with Gasteiger partial charge in [-0.1, -0.05) is 98.5 Å². The zero-order chi connectivity index (χ0) is 46.2. The molecule has 2 unspecified atom stereocenters. The largest absolute Gasteiger partial charge is 0.354 e. The van der Waals surface area contributed by atoms with Gasteiger partial charge in [0, 0.05) is 48.4 Å². The fourth-order valence-corrected chi connectivity index (χ4v) is 7.19. The first-order valence-electron chi connectivity index (χ1n) is 23.5. The summed E-state index contributed by atoms with van der Waals surface area (Å²) in [7, 11) is 0. The van der Waals surface area contributed by atoms with Crippen LogP contribution >= 0.6 is 12.4 Å². The number of halogens is 1. The van der Waals surface area contributed by atoms with Gasteiger partial charge < -0.3 is 37.2 Å². The minimum atomic E-state index is -0.670. The van der Waals surface area contributed by atoms with Crippen molar-refractivity contribution in [1.82, 2.24) is 37.2 Å².